The Labute approximate surface area is 118 Å². The fourth-order valence-corrected chi connectivity index (χ4v) is 2.37. The molecule has 0 fully saturated rings. The van der Waals surface area contributed by atoms with Gasteiger partial charge in [-0.3, -0.25) is 4.79 Å². The van der Waals surface area contributed by atoms with E-state index in [4.69, 9.17) is 10.2 Å². The summed E-state index contributed by atoms with van der Waals surface area (Å²) >= 11 is 3.35. The Morgan fingerprint density at radius 2 is 1.89 bits per heavy atom. The summed E-state index contributed by atoms with van der Waals surface area (Å²) in [4.78, 5) is 12.4. The number of hydrogen-bond donors (Lipinski definition) is 1. The molecule has 1 aromatic heterocycles. The first-order valence-corrected chi connectivity index (χ1v) is 6.53. The number of nitrogen functional groups attached to an aromatic ring is 1. The van der Waals surface area contributed by atoms with Crippen molar-refractivity contribution in [2.45, 2.75) is 0 Å². The van der Waals surface area contributed by atoms with Crippen LogP contribution in [0.15, 0.2) is 57.4 Å². The van der Waals surface area contributed by atoms with Crippen molar-refractivity contribution in [3.05, 3.63) is 64.3 Å². The summed E-state index contributed by atoms with van der Waals surface area (Å²) in [6, 6.07) is 14.4. The lowest BCUT2D eigenvalue weighted by atomic mass is 10.1. The molecule has 0 aliphatic carbocycles. The predicted molar refractivity (Wildman–Crippen MR) is 78.2 cm³/mol. The van der Waals surface area contributed by atoms with Crippen molar-refractivity contribution in [1.82, 2.24) is 0 Å². The molecule has 0 unspecified atom stereocenters. The third-order valence-corrected chi connectivity index (χ3v) is 3.58. The minimum Gasteiger partial charge on any atom is -0.453 e. The number of hydrogen-bond acceptors (Lipinski definition) is 3. The van der Waals surface area contributed by atoms with Gasteiger partial charge in [-0.1, -0.05) is 34.1 Å². The molecule has 4 heteroatoms. The molecule has 0 aliphatic heterocycles. The van der Waals surface area contributed by atoms with Crippen LogP contribution in [-0.2, 0) is 0 Å². The zero-order valence-electron chi connectivity index (χ0n) is 9.89. The number of furan rings is 1. The third kappa shape index (κ3) is 2.15. The number of benzene rings is 2. The van der Waals surface area contributed by atoms with Gasteiger partial charge in [0, 0.05) is 21.1 Å². The minimum absolute atomic E-state index is 0.185. The largest absolute Gasteiger partial charge is 0.453 e. The van der Waals surface area contributed by atoms with Crippen LogP contribution in [0.3, 0.4) is 0 Å². The zero-order chi connectivity index (χ0) is 13.4. The van der Waals surface area contributed by atoms with E-state index in [-0.39, 0.29) is 5.78 Å². The van der Waals surface area contributed by atoms with Crippen molar-refractivity contribution in [2.75, 3.05) is 5.73 Å². The fraction of sp³-hybridized carbons (Fsp3) is 0. The van der Waals surface area contributed by atoms with Gasteiger partial charge < -0.3 is 10.2 Å². The summed E-state index contributed by atoms with van der Waals surface area (Å²) < 4.78 is 6.27. The van der Waals surface area contributed by atoms with Crippen LogP contribution in [0.5, 0.6) is 0 Å². The van der Waals surface area contributed by atoms with Crippen LogP contribution in [0.25, 0.3) is 11.0 Å². The minimum atomic E-state index is -0.185. The number of halogens is 1. The summed E-state index contributed by atoms with van der Waals surface area (Å²) in [7, 11) is 0. The number of para-hydroxylation sites is 1. The van der Waals surface area contributed by atoms with Gasteiger partial charge in [-0.2, -0.15) is 0 Å². The Morgan fingerprint density at radius 1 is 1.11 bits per heavy atom. The highest BCUT2D eigenvalue weighted by Crippen LogP contribution is 2.26. The van der Waals surface area contributed by atoms with Crippen molar-refractivity contribution in [2.24, 2.45) is 0 Å². The number of anilines is 1. The second-order valence-corrected chi connectivity index (χ2v) is 5.07. The van der Waals surface area contributed by atoms with E-state index in [2.05, 4.69) is 15.9 Å². The molecule has 0 spiro atoms. The Balaban J connectivity index is 2.10. The SMILES string of the molecule is Nc1ccc(Br)c(C(=O)c2cc3ccccc3o2)c1. The van der Waals surface area contributed by atoms with E-state index in [0.717, 1.165) is 5.39 Å². The molecular weight excluding hydrogens is 306 g/mol. The number of fused-ring (bicyclic) bond motifs is 1. The fourth-order valence-electron chi connectivity index (χ4n) is 1.94. The van der Waals surface area contributed by atoms with E-state index in [1.807, 2.05) is 24.3 Å². The smallest absolute Gasteiger partial charge is 0.229 e. The lowest BCUT2D eigenvalue weighted by Gasteiger charge is -2.02. The first kappa shape index (κ1) is 12.0. The third-order valence-electron chi connectivity index (χ3n) is 2.88. The molecule has 0 aliphatic rings. The second-order valence-electron chi connectivity index (χ2n) is 4.22. The van der Waals surface area contributed by atoms with E-state index < -0.39 is 0 Å². The topological polar surface area (TPSA) is 56.2 Å². The average Bonchev–Trinajstić information content (AvgIpc) is 2.84. The molecule has 19 heavy (non-hydrogen) atoms. The maximum absolute atomic E-state index is 12.4. The van der Waals surface area contributed by atoms with Crippen molar-refractivity contribution < 1.29 is 9.21 Å². The van der Waals surface area contributed by atoms with Gasteiger partial charge in [0.2, 0.25) is 5.78 Å². The maximum Gasteiger partial charge on any atom is 0.229 e. The molecule has 3 nitrogen and oxygen atoms in total. The number of carbonyl (C=O) groups excluding carboxylic acids is 1. The Kier molecular flexibility index (Phi) is 2.87. The number of nitrogens with two attached hydrogens (primary N) is 1. The molecule has 0 saturated heterocycles. The molecule has 0 amide bonds. The molecule has 94 valence electrons. The van der Waals surface area contributed by atoms with Crippen LogP contribution >= 0.6 is 15.9 Å². The van der Waals surface area contributed by atoms with Gasteiger partial charge in [0.15, 0.2) is 5.76 Å². The molecule has 0 radical (unpaired) electrons. The average molecular weight is 316 g/mol. The van der Waals surface area contributed by atoms with Crippen LogP contribution in [0.2, 0.25) is 0 Å². The van der Waals surface area contributed by atoms with Crippen LogP contribution in [0, 0.1) is 0 Å². The molecule has 3 aromatic rings. The molecule has 2 N–H and O–H groups in total. The number of carbonyl (C=O) groups is 1. The monoisotopic (exact) mass is 315 g/mol. The molecular formula is C15H10BrNO2. The van der Waals surface area contributed by atoms with E-state index in [1.54, 1.807) is 24.3 Å². The zero-order valence-corrected chi connectivity index (χ0v) is 11.5. The quantitative estimate of drug-likeness (QED) is 0.574. The summed E-state index contributed by atoms with van der Waals surface area (Å²) in [5, 5.41) is 0.908. The van der Waals surface area contributed by atoms with E-state index in [0.29, 0.717) is 27.1 Å². The molecule has 0 saturated carbocycles. The summed E-state index contributed by atoms with van der Waals surface area (Å²) in [5.41, 5.74) is 7.46. The van der Waals surface area contributed by atoms with Gasteiger partial charge in [-0.25, -0.2) is 0 Å². The highest BCUT2D eigenvalue weighted by atomic mass is 79.9. The first-order valence-electron chi connectivity index (χ1n) is 5.73. The Bertz CT molecular complexity index is 744. The van der Waals surface area contributed by atoms with Crippen LogP contribution < -0.4 is 5.73 Å². The molecule has 0 bridgehead atoms. The molecule has 0 atom stereocenters. The van der Waals surface area contributed by atoms with E-state index in [1.165, 1.54) is 0 Å². The summed E-state index contributed by atoms with van der Waals surface area (Å²) in [6.45, 7) is 0. The molecule has 1 heterocycles. The summed E-state index contributed by atoms with van der Waals surface area (Å²) in [6.07, 6.45) is 0. The normalized spacial score (nSPS) is 10.8. The van der Waals surface area contributed by atoms with Crippen LogP contribution in [-0.4, -0.2) is 5.78 Å². The van der Waals surface area contributed by atoms with Gasteiger partial charge in [0.05, 0.1) is 0 Å². The van der Waals surface area contributed by atoms with Crippen molar-refractivity contribution in [3.63, 3.8) is 0 Å². The van der Waals surface area contributed by atoms with Gasteiger partial charge in [0.25, 0.3) is 0 Å². The Hall–Kier alpha value is -2.07. The lowest BCUT2D eigenvalue weighted by molar-refractivity contribution is 0.101. The maximum atomic E-state index is 12.4. The van der Waals surface area contributed by atoms with Crippen molar-refractivity contribution >= 4 is 38.4 Å². The molecule has 3 rings (SSSR count). The highest BCUT2D eigenvalue weighted by Gasteiger charge is 2.17. The predicted octanol–water partition coefficient (Wildman–Crippen LogP) is 4.01. The van der Waals surface area contributed by atoms with Crippen molar-refractivity contribution in [3.8, 4) is 0 Å². The Morgan fingerprint density at radius 3 is 2.68 bits per heavy atom. The van der Waals surface area contributed by atoms with E-state index >= 15 is 0 Å². The lowest BCUT2D eigenvalue weighted by Crippen LogP contribution is -2.01. The van der Waals surface area contributed by atoms with Gasteiger partial charge >= 0.3 is 0 Å². The number of rotatable bonds is 2. The van der Waals surface area contributed by atoms with Gasteiger partial charge in [-0.15, -0.1) is 0 Å². The van der Waals surface area contributed by atoms with E-state index in [9.17, 15) is 4.79 Å². The van der Waals surface area contributed by atoms with Crippen LogP contribution in [0.4, 0.5) is 5.69 Å². The van der Waals surface area contributed by atoms with Gasteiger partial charge in [0.1, 0.15) is 5.58 Å². The van der Waals surface area contributed by atoms with Gasteiger partial charge in [-0.05, 0) is 30.3 Å². The highest BCUT2D eigenvalue weighted by molar-refractivity contribution is 9.10. The number of ketones is 1. The molecule has 2 aromatic carbocycles. The second kappa shape index (κ2) is 4.55. The first-order chi connectivity index (χ1) is 9.15. The summed E-state index contributed by atoms with van der Waals surface area (Å²) in [5.74, 6) is 0.128. The van der Waals surface area contributed by atoms with Crippen LogP contribution in [0.1, 0.15) is 16.1 Å². The standard InChI is InChI=1S/C15H10BrNO2/c16-12-6-5-10(17)8-11(12)15(18)14-7-9-3-1-2-4-13(9)19-14/h1-8H,17H2. The van der Waals surface area contributed by atoms with Crippen molar-refractivity contribution in [1.29, 1.82) is 0 Å².